The van der Waals surface area contributed by atoms with Gasteiger partial charge in [-0.1, -0.05) is 12.1 Å². The maximum atomic E-state index is 12.2. The molecule has 5 nitrogen and oxygen atoms in total. The van der Waals surface area contributed by atoms with Gasteiger partial charge in [-0.15, -0.1) is 0 Å². The number of benzene rings is 1. The van der Waals surface area contributed by atoms with Crippen LogP contribution < -0.4 is 4.74 Å². The standard InChI is InChI=1S/C21H32N2O3/c1-2-26-19-7-5-18(6-8-19)15-22-12-3-10-21(16-22)11-9-20(25)23(17-21)13-4-14-24/h5-8,24H,2-4,9-17H2,1H3/t21-/m0/s1. The van der Waals surface area contributed by atoms with E-state index in [1.54, 1.807) is 0 Å². The van der Waals surface area contributed by atoms with Gasteiger partial charge < -0.3 is 14.7 Å². The van der Waals surface area contributed by atoms with Crippen LogP contribution in [0.4, 0.5) is 0 Å². The molecule has 2 fully saturated rings. The Bertz CT molecular complexity index is 589. The Morgan fingerprint density at radius 3 is 2.73 bits per heavy atom. The molecule has 0 unspecified atom stereocenters. The number of aliphatic hydroxyl groups excluding tert-OH is 1. The maximum Gasteiger partial charge on any atom is 0.222 e. The fraction of sp³-hybridized carbons (Fsp3) is 0.667. The molecule has 1 spiro atoms. The second-order valence-corrected chi connectivity index (χ2v) is 7.78. The number of rotatable bonds is 7. The van der Waals surface area contributed by atoms with Crippen molar-refractivity contribution in [3.05, 3.63) is 29.8 Å². The molecule has 1 N–H and O–H groups in total. The number of nitrogens with zero attached hydrogens (tertiary/aromatic N) is 2. The molecule has 2 heterocycles. The lowest BCUT2D eigenvalue weighted by Crippen LogP contribution is -2.54. The molecule has 3 rings (SSSR count). The molecule has 2 saturated heterocycles. The zero-order chi connectivity index (χ0) is 18.4. The first-order valence-electron chi connectivity index (χ1n) is 9.97. The minimum atomic E-state index is 0.153. The second-order valence-electron chi connectivity index (χ2n) is 7.78. The summed E-state index contributed by atoms with van der Waals surface area (Å²) in [6.45, 7) is 7.53. The summed E-state index contributed by atoms with van der Waals surface area (Å²) in [5.74, 6) is 1.18. The molecule has 0 bridgehead atoms. The minimum Gasteiger partial charge on any atom is -0.494 e. The molecule has 26 heavy (non-hydrogen) atoms. The van der Waals surface area contributed by atoms with Crippen LogP contribution in [-0.2, 0) is 11.3 Å². The van der Waals surface area contributed by atoms with Crippen LogP contribution in [0, 0.1) is 5.41 Å². The average Bonchev–Trinajstić information content (AvgIpc) is 2.65. The molecule has 0 aliphatic carbocycles. The van der Waals surface area contributed by atoms with Gasteiger partial charge in [0.25, 0.3) is 0 Å². The van der Waals surface area contributed by atoms with Gasteiger partial charge in [-0.2, -0.15) is 0 Å². The van der Waals surface area contributed by atoms with Crippen LogP contribution in [0.5, 0.6) is 5.75 Å². The van der Waals surface area contributed by atoms with Crippen LogP contribution in [0.1, 0.15) is 44.6 Å². The Hall–Kier alpha value is -1.59. The van der Waals surface area contributed by atoms with Gasteiger partial charge in [0.1, 0.15) is 5.75 Å². The predicted octanol–water partition coefficient (Wildman–Crippen LogP) is 2.67. The lowest BCUT2D eigenvalue weighted by Gasteiger charge is -2.48. The molecule has 1 amide bonds. The van der Waals surface area contributed by atoms with Crippen LogP contribution in [0.15, 0.2) is 24.3 Å². The van der Waals surface area contributed by atoms with Gasteiger partial charge >= 0.3 is 0 Å². The first kappa shape index (κ1) is 19.2. The Morgan fingerprint density at radius 2 is 2.00 bits per heavy atom. The van der Waals surface area contributed by atoms with Crippen molar-refractivity contribution in [3.8, 4) is 5.75 Å². The number of likely N-dealkylation sites (tertiary alicyclic amines) is 2. The van der Waals surface area contributed by atoms with E-state index in [0.717, 1.165) is 38.3 Å². The molecule has 5 heteroatoms. The molecule has 0 aromatic heterocycles. The summed E-state index contributed by atoms with van der Waals surface area (Å²) in [5.41, 5.74) is 1.54. The Labute approximate surface area is 156 Å². The van der Waals surface area contributed by atoms with Crippen LogP contribution in [0.2, 0.25) is 0 Å². The van der Waals surface area contributed by atoms with E-state index in [1.165, 1.54) is 18.4 Å². The van der Waals surface area contributed by atoms with Gasteiger partial charge in [0.05, 0.1) is 6.61 Å². The Balaban J connectivity index is 1.60. The topological polar surface area (TPSA) is 53.0 Å². The highest BCUT2D eigenvalue weighted by molar-refractivity contribution is 5.77. The predicted molar refractivity (Wildman–Crippen MR) is 102 cm³/mol. The number of hydrogen-bond acceptors (Lipinski definition) is 4. The van der Waals surface area contributed by atoms with Crippen molar-refractivity contribution in [1.82, 2.24) is 9.80 Å². The fourth-order valence-corrected chi connectivity index (χ4v) is 4.46. The monoisotopic (exact) mass is 360 g/mol. The summed E-state index contributed by atoms with van der Waals surface area (Å²) >= 11 is 0. The van der Waals surface area contributed by atoms with Gasteiger partial charge in [-0.05, 0) is 56.8 Å². The summed E-state index contributed by atoms with van der Waals surface area (Å²) in [6.07, 6.45) is 4.73. The van der Waals surface area contributed by atoms with Gasteiger partial charge in [0, 0.05) is 44.6 Å². The van der Waals surface area contributed by atoms with Crippen molar-refractivity contribution in [1.29, 1.82) is 0 Å². The summed E-state index contributed by atoms with van der Waals surface area (Å²) < 4.78 is 5.53. The number of hydrogen-bond donors (Lipinski definition) is 1. The van der Waals surface area contributed by atoms with E-state index >= 15 is 0 Å². The fourth-order valence-electron chi connectivity index (χ4n) is 4.46. The number of amides is 1. The molecule has 0 saturated carbocycles. The summed E-state index contributed by atoms with van der Waals surface area (Å²) in [7, 11) is 0. The molecule has 1 aromatic rings. The number of carbonyl (C=O) groups excluding carboxylic acids is 1. The number of aliphatic hydroxyl groups is 1. The average molecular weight is 360 g/mol. The van der Waals surface area contributed by atoms with E-state index in [2.05, 4.69) is 29.2 Å². The highest BCUT2D eigenvalue weighted by Crippen LogP contribution is 2.39. The highest BCUT2D eigenvalue weighted by atomic mass is 16.5. The van der Waals surface area contributed by atoms with E-state index in [1.807, 2.05) is 11.8 Å². The summed E-state index contributed by atoms with van der Waals surface area (Å²) in [6, 6.07) is 8.41. The van der Waals surface area contributed by atoms with Gasteiger partial charge in [0.2, 0.25) is 5.91 Å². The third kappa shape index (κ3) is 4.77. The van der Waals surface area contributed by atoms with E-state index in [-0.39, 0.29) is 17.9 Å². The van der Waals surface area contributed by atoms with Crippen LogP contribution in [0.25, 0.3) is 0 Å². The van der Waals surface area contributed by atoms with E-state index in [4.69, 9.17) is 9.84 Å². The number of piperidine rings is 2. The molecule has 2 aliphatic heterocycles. The Morgan fingerprint density at radius 1 is 1.19 bits per heavy atom. The largest absolute Gasteiger partial charge is 0.494 e. The number of carbonyl (C=O) groups is 1. The van der Waals surface area contributed by atoms with Crippen molar-refractivity contribution >= 4 is 5.91 Å². The van der Waals surface area contributed by atoms with Gasteiger partial charge in [-0.3, -0.25) is 9.69 Å². The molecule has 144 valence electrons. The van der Waals surface area contributed by atoms with E-state index in [0.29, 0.717) is 26.0 Å². The second kappa shape index (κ2) is 8.87. The van der Waals surface area contributed by atoms with Crippen molar-refractivity contribution in [2.24, 2.45) is 5.41 Å². The van der Waals surface area contributed by atoms with Crippen LogP contribution in [0.3, 0.4) is 0 Å². The molecular formula is C21H32N2O3. The molecule has 2 aliphatic rings. The lowest BCUT2D eigenvalue weighted by atomic mass is 9.73. The van der Waals surface area contributed by atoms with Crippen molar-refractivity contribution in [2.45, 2.75) is 45.6 Å². The highest BCUT2D eigenvalue weighted by Gasteiger charge is 2.41. The smallest absolute Gasteiger partial charge is 0.222 e. The van der Waals surface area contributed by atoms with E-state index in [9.17, 15) is 4.79 Å². The molecule has 0 radical (unpaired) electrons. The van der Waals surface area contributed by atoms with Crippen molar-refractivity contribution < 1.29 is 14.6 Å². The van der Waals surface area contributed by atoms with Crippen LogP contribution in [-0.4, -0.2) is 60.2 Å². The summed E-state index contributed by atoms with van der Waals surface area (Å²) in [4.78, 5) is 16.7. The minimum absolute atomic E-state index is 0.153. The quantitative estimate of drug-likeness (QED) is 0.812. The summed E-state index contributed by atoms with van der Waals surface area (Å²) in [5, 5.41) is 9.09. The zero-order valence-electron chi connectivity index (χ0n) is 16.0. The third-order valence-electron chi connectivity index (χ3n) is 5.72. The van der Waals surface area contributed by atoms with E-state index < -0.39 is 0 Å². The first-order valence-corrected chi connectivity index (χ1v) is 9.97. The van der Waals surface area contributed by atoms with Gasteiger partial charge in [-0.25, -0.2) is 0 Å². The van der Waals surface area contributed by atoms with Crippen molar-refractivity contribution in [3.63, 3.8) is 0 Å². The Kier molecular flexibility index (Phi) is 6.54. The maximum absolute atomic E-state index is 12.2. The number of ether oxygens (including phenoxy) is 1. The van der Waals surface area contributed by atoms with Gasteiger partial charge in [0.15, 0.2) is 0 Å². The first-order chi connectivity index (χ1) is 12.6. The zero-order valence-corrected chi connectivity index (χ0v) is 16.0. The lowest BCUT2D eigenvalue weighted by molar-refractivity contribution is -0.139. The molecular weight excluding hydrogens is 328 g/mol. The normalized spacial score (nSPS) is 24.2. The van der Waals surface area contributed by atoms with Crippen molar-refractivity contribution in [2.75, 3.05) is 39.4 Å². The van der Waals surface area contributed by atoms with Crippen LogP contribution >= 0.6 is 0 Å². The molecule has 1 aromatic carbocycles. The SMILES string of the molecule is CCOc1ccc(CN2CCC[C@]3(CCC(=O)N(CCCO)C3)C2)cc1. The third-order valence-corrected chi connectivity index (χ3v) is 5.72. The molecule has 1 atom stereocenters.